The molecule has 0 saturated carbocycles. The van der Waals surface area contributed by atoms with Crippen molar-refractivity contribution in [3.05, 3.63) is 83.8 Å². The molecular weight excluding hydrogens is 390 g/mol. The molecule has 2 amide bonds. The number of carbonyl (C=O) groups is 2. The SMILES string of the molecule is CC(C)CN(Cc1cc(NC(=O)c2ccccc2)ccc1N(C)C)C(=O)c1ccco1. The third-order valence-electron chi connectivity index (χ3n) is 4.82. The van der Waals surface area contributed by atoms with Gasteiger partial charge in [0.25, 0.3) is 11.8 Å². The number of benzene rings is 2. The van der Waals surface area contributed by atoms with Crippen LogP contribution in [0.1, 0.15) is 40.3 Å². The molecule has 0 bridgehead atoms. The molecule has 0 aliphatic carbocycles. The number of carbonyl (C=O) groups excluding carboxylic acids is 2. The molecule has 2 aromatic carbocycles. The van der Waals surface area contributed by atoms with Crippen LogP contribution in [0.3, 0.4) is 0 Å². The van der Waals surface area contributed by atoms with Gasteiger partial charge in [-0.25, -0.2) is 0 Å². The van der Waals surface area contributed by atoms with Gasteiger partial charge in [-0.1, -0.05) is 32.0 Å². The van der Waals surface area contributed by atoms with Crippen LogP contribution in [0.4, 0.5) is 11.4 Å². The van der Waals surface area contributed by atoms with E-state index in [1.165, 1.54) is 6.26 Å². The molecule has 0 unspecified atom stereocenters. The molecular formula is C25H29N3O3. The third kappa shape index (κ3) is 5.75. The van der Waals surface area contributed by atoms with Crippen LogP contribution < -0.4 is 10.2 Å². The minimum absolute atomic E-state index is 0.151. The fourth-order valence-electron chi connectivity index (χ4n) is 3.44. The predicted molar refractivity (Wildman–Crippen MR) is 123 cm³/mol. The number of nitrogens with one attached hydrogen (secondary N) is 1. The van der Waals surface area contributed by atoms with E-state index in [2.05, 4.69) is 19.2 Å². The van der Waals surface area contributed by atoms with Gasteiger partial charge in [0.05, 0.1) is 6.26 Å². The van der Waals surface area contributed by atoms with Gasteiger partial charge in [0.1, 0.15) is 0 Å². The Hall–Kier alpha value is -3.54. The molecule has 0 aliphatic heterocycles. The van der Waals surface area contributed by atoms with E-state index in [0.29, 0.717) is 36.0 Å². The van der Waals surface area contributed by atoms with Crippen molar-refractivity contribution >= 4 is 23.2 Å². The Kier molecular flexibility index (Phi) is 7.13. The molecule has 1 heterocycles. The molecule has 1 N–H and O–H groups in total. The maximum Gasteiger partial charge on any atom is 0.289 e. The van der Waals surface area contributed by atoms with Gasteiger partial charge in [-0.2, -0.15) is 0 Å². The molecule has 0 saturated heterocycles. The Morgan fingerprint density at radius 3 is 2.35 bits per heavy atom. The van der Waals surface area contributed by atoms with Gasteiger partial charge >= 0.3 is 0 Å². The van der Waals surface area contributed by atoms with Crippen molar-refractivity contribution in [2.75, 3.05) is 30.9 Å². The summed E-state index contributed by atoms with van der Waals surface area (Å²) in [5.41, 5.74) is 3.20. The highest BCUT2D eigenvalue weighted by Crippen LogP contribution is 2.26. The lowest BCUT2D eigenvalue weighted by Crippen LogP contribution is -2.34. The number of rotatable bonds is 8. The summed E-state index contributed by atoms with van der Waals surface area (Å²) in [7, 11) is 3.92. The second-order valence-corrected chi connectivity index (χ2v) is 8.11. The standard InChI is InChI=1S/C25H29N3O3/c1-18(2)16-28(25(30)23-11-8-14-31-23)17-20-15-21(12-13-22(20)27(3)4)26-24(29)19-9-6-5-7-10-19/h5-15,18H,16-17H2,1-4H3,(H,26,29). The topological polar surface area (TPSA) is 65.8 Å². The summed E-state index contributed by atoms with van der Waals surface area (Å²) in [6.07, 6.45) is 1.51. The first kappa shape index (κ1) is 22.2. The molecule has 31 heavy (non-hydrogen) atoms. The number of hydrogen-bond acceptors (Lipinski definition) is 4. The molecule has 162 valence electrons. The van der Waals surface area contributed by atoms with E-state index in [9.17, 15) is 9.59 Å². The highest BCUT2D eigenvalue weighted by atomic mass is 16.3. The largest absolute Gasteiger partial charge is 0.459 e. The van der Waals surface area contributed by atoms with Gasteiger partial charge in [-0.3, -0.25) is 9.59 Å². The zero-order valence-corrected chi connectivity index (χ0v) is 18.5. The minimum Gasteiger partial charge on any atom is -0.459 e. The first-order valence-electron chi connectivity index (χ1n) is 10.3. The van der Waals surface area contributed by atoms with Gasteiger partial charge in [-0.05, 0) is 53.9 Å². The van der Waals surface area contributed by atoms with Crippen molar-refractivity contribution in [2.24, 2.45) is 5.92 Å². The number of anilines is 2. The van der Waals surface area contributed by atoms with Crippen molar-refractivity contribution in [1.29, 1.82) is 0 Å². The van der Waals surface area contributed by atoms with Crippen LogP contribution in [0, 0.1) is 5.92 Å². The van der Waals surface area contributed by atoms with Crippen LogP contribution >= 0.6 is 0 Å². The van der Waals surface area contributed by atoms with E-state index in [-0.39, 0.29) is 11.8 Å². The summed E-state index contributed by atoms with van der Waals surface area (Å²) in [4.78, 5) is 29.4. The number of hydrogen-bond donors (Lipinski definition) is 1. The fraction of sp³-hybridized carbons (Fsp3) is 0.280. The summed E-state index contributed by atoms with van der Waals surface area (Å²) in [6, 6.07) is 18.2. The fourth-order valence-corrected chi connectivity index (χ4v) is 3.44. The van der Waals surface area contributed by atoms with Gasteiger partial charge < -0.3 is 19.5 Å². The lowest BCUT2D eigenvalue weighted by atomic mass is 10.1. The van der Waals surface area contributed by atoms with E-state index in [4.69, 9.17) is 4.42 Å². The minimum atomic E-state index is -0.171. The molecule has 0 radical (unpaired) electrons. The number of nitrogens with zero attached hydrogens (tertiary/aromatic N) is 2. The third-order valence-corrected chi connectivity index (χ3v) is 4.82. The van der Waals surface area contributed by atoms with E-state index >= 15 is 0 Å². The first-order valence-corrected chi connectivity index (χ1v) is 10.3. The zero-order chi connectivity index (χ0) is 22.4. The normalized spacial score (nSPS) is 10.7. The average molecular weight is 420 g/mol. The highest BCUT2D eigenvalue weighted by molar-refractivity contribution is 6.04. The molecule has 3 rings (SSSR count). The van der Waals surface area contributed by atoms with E-state index in [1.807, 2.05) is 55.4 Å². The molecule has 0 aliphatic rings. The average Bonchev–Trinajstić information content (AvgIpc) is 3.28. The molecule has 6 nitrogen and oxygen atoms in total. The molecule has 0 spiro atoms. The summed E-state index contributed by atoms with van der Waals surface area (Å²) in [5, 5.41) is 2.96. The van der Waals surface area contributed by atoms with E-state index < -0.39 is 0 Å². The van der Waals surface area contributed by atoms with Gasteiger partial charge in [-0.15, -0.1) is 0 Å². The quantitative estimate of drug-likeness (QED) is 0.564. The van der Waals surface area contributed by atoms with Crippen LogP contribution in [-0.4, -0.2) is 37.4 Å². The van der Waals surface area contributed by atoms with Crippen molar-refractivity contribution in [2.45, 2.75) is 20.4 Å². The smallest absolute Gasteiger partial charge is 0.289 e. The maximum atomic E-state index is 13.0. The zero-order valence-electron chi connectivity index (χ0n) is 18.5. The van der Waals surface area contributed by atoms with Gasteiger partial charge in [0.2, 0.25) is 0 Å². The predicted octanol–water partition coefficient (Wildman–Crippen LogP) is 4.90. The lowest BCUT2D eigenvalue weighted by Gasteiger charge is -2.27. The summed E-state index contributed by atoms with van der Waals surface area (Å²) in [6.45, 7) is 5.14. The van der Waals surface area contributed by atoms with Crippen LogP contribution in [-0.2, 0) is 6.54 Å². The molecule has 3 aromatic rings. The van der Waals surface area contributed by atoms with Crippen LogP contribution in [0.2, 0.25) is 0 Å². The van der Waals surface area contributed by atoms with Crippen LogP contribution in [0.25, 0.3) is 0 Å². The molecule has 6 heteroatoms. The summed E-state index contributed by atoms with van der Waals surface area (Å²) in [5.74, 6) is 0.292. The lowest BCUT2D eigenvalue weighted by molar-refractivity contribution is 0.0690. The van der Waals surface area contributed by atoms with Crippen molar-refractivity contribution < 1.29 is 14.0 Å². The van der Waals surface area contributed by atoms with Crippen molar-refractivity contribution in [3.63, 3.8) is 0 Å². The summed E-state index contributed by atoms with van der Waals surface area (Å²) >= 11 is 0. The molecule has 0 fully saturated rings. The van der Waals surface area contributed by atoms with E-state index in [1.54, 1.807) is 29.2 Å². The van der Waals surface area contributed by atoms with E-state index in [0.717, 1.165) is 11.3 Å². The van der Waals surface area contributed by atoms with Crippen LogP contribution in [0.5, 0.6) is 0 Å². The second kappa shape index (κ2) is 9.98. The number of amides is 2. The van der Waals surface area contributed by atoms with Crippen molar-refractivity contribution in [1.82, 2.24) is 4.90 Å². The number of furan rings is 1. The Labute approximate surface area is 183 Å². The first-order chi connectivity index (χ1) is 14.8. The van der Waals surface area contributed by atoms with Gasteiger partial charge in [0.15, 0.2) is 5.76 Å². The van der Waals surface area contributed by atoms with Crippen molar-refractivity contribution in [3.8, 4) is 0 Å². The van der Waals surface area contributed by atoms with Gasteiger partial charge in [0, 0.05) is 44.1 Å². The maximum absolute atomic E-state index is 13.0. The van der Waals surface area contributed by atoms with Crippen LogP contribution in [0.15, 0.2) is 71.3 Å². The Balaban J connectivity index is 1.88. The Morgan fingerprint density at radius 2 is 1.74 bits per heavy atom. The molecule has 1 aromatic heterocycles. The second-order valence-electron chi connectivity index (χ2n) is 8.11. The highest BCUT2D eigenvalue weighted by Gasteiger charge is 2.21. The monoisotopic (exact) mass is 419 g/mol. The Morgan fingerprint density at radius 1 is 1.00 bits per heavy atom. The Bertz CT molecular complexity index is 1010. The summed E-state index contributed by atoms with van der Waals surface area (Å²) < 4.78 is 5.34. The molecule has 0 atom stereocenters.